The summed E-state index contributed by atoms with van der Waals surface area (Å²) >= 11 is 0. The number of benzene rings is 1. The lowest BCUT2D eigenvalue weighted by Crippen LogP contribution is -2.20. The molecule has 0 heterocycles. The summed E-state index contributed by atoms with van der Waals surface area (Å²) in [6.07, 6.45) is 0.688. The minimum absolute atomic E-state index is 0.0565. The fourth-order valence-corrected chi connectivity index (χ4v) is 1.65. The molecule has 0 bridgehead atoms. The maximum Gasteiger partial charge on any atom is 0.163 e. The minimum atomic E-state index is 0.0565. The van der Waals surface area contributed by atoms with E-state index in [4.69, 9.17) is 20.3 Å². The molecule has 0 aliphatic rings. The Hall–Kier alpha value is -1.26. The van der Waals surface area contributed by atoms with E-state index in [9.17, 15) is 0 Å². The van der Waals surface area contributed by atoms with Gasteiger partial charge in [0, 0.05) is 6.61 Å². The molecular formula is C12H19NO3. The maximum absolute atomic E-state index is 9.13. The molecule has 90 valence electrons. The first-order valence-electron chi connectivity index (χ1n) is 5.27. The second kappa shape index (κ2) is 6.35. The molecular weight excluding hydrogens is 206 g/mol. The Morgan fingerprint density at radius 1 is 1.31 bits per heavy atom. The molecule has 1 atom stereocenters. The molecule has 0 aliphatic heterocycles. The third-order valence-corrected chi connectivity index (χ3v) is 2.58. The van der Waals surface area contributed by atoms with Crippen LogP contribution in [0.2, 0.25) is 0 Å². The van der Waals surface area contributed by atoms with Gasteiger partial charge in [-0.2, -0.15) is 0 Å². The van der Waals surface area contributed by atoms with Gasteiger partial charge in [0.1, 0.15) is 0 Å². The molecule has 4 nitrogen and oxygen atoms in total. The minimum Gasteiger partial charge on any atom is -0.493 e. The van der Waals surface area contributed by atoms with E-state index in [2.05, 4.69) is 0 Å². The average Bonchev–Trinajstić information content (AvgIpc) is 2.35. The molecule has 1 aromatic rings. The smallest absolute Gasteiger partial charge is 0.163 e. The van der Waals surface area contributed by atoms with Gasteiger partial charge in [-0.1, -0.05) is 12.1 Å². The van der Waals surface area contributed by atoms with E-state index in [0.29, 0.717) is 18.7 Å². The summed E-state index contributed by atoms with van der Waals surface area (Å²) in [4.78, 5) is 0. The first-order valence-corrected chi connectivity index (χ1v) is 5.27. The number of methoxy groups -OCH3 is 2. The molecule has 1 aromatic carbocycles. The number of aliphatic hydroxyl groups excluding tert-OH is 1. The molecule has 0 aliphatic carbocycles. The molecule has 0 unspecified atom stereocenters. The van der Waals surface area contributed by atoms with E-state index < -0.39 is 0 Å². The van der Waals surface area contributed by atoms with Gasteiger partial charge in [0.2, 0.25) is 0 Å². The van der Waals surface area contributed by atoms with Gasteiger partial charge in [-0.05, 0) is 30.5 Å². The van der Waals surface area contributed by atoms with Crippen molar-refractivity contribution < 1.29 is 14.6 Å². The predicted molar refractivity (Wildman–Crippen MR) is 62.9 cm³/mol. The molecule has 3 N–H and O–H groups in total. The second-order valence-corrected chi connectivity index (χ2v) is 3.64. The lowest BCUT2D eigenvalue weighted by Gasteiger charge is -2.16. The molecule has 1 rings (SSSR count). The van der Waals surface area contributed by atoms with Crippen LogP contribution in [-0.4, -0.2) is 32.5 Å². The van der Waals surface area contributed by atoms with Crippen molar-refractivity contribution in [2.45, 2.75) is 6.42 Å². The molecule has 0 spiro atoms. The Labute approximate surface area is 96.0 Å². The zero-order valence-corrected chi connectivity index (χ0v) is 9.77. The van der Waals surface area contributed by atoms with Crippen molar-refractivity contribution in [1.82, 2.24) is 0 Å². The van der Waals surface area contributed by atoms with E-state index in [-0.39, 0.29) is 12.5 Å². The number of hydrogen-bond acceptors (Lipinski definition) is 4. The maximum atomic E-state index is 9.13. The first-order chi connectivity index (χ1) is 7.76. The van der Waals surface area contributed by atoms with Gasteiger partial charge in [0.25, 0.3) is 0 Å². The highest BCUT2D eigenvalue weighted by molar-refractivity contribution is 5.46. The van der Waals surface area contributed by atoms with Crippen LogP contribution in [0.25, 0.3) is 0 Å². The molecule has 0 saturated carbocycles. The van der Waals surface area contributed by atoms with Crippen molar-refractivity contribution in [1.29, 1.82) is 0 Å². The highest BCUT2D eigenvalue weighted by Crippen LogP contribution is 2.31. The van der Waals surface area contributed by atoms with Crippen molar-refractivity contribution in [3.63, 3.8) is 0 Å². The Morgan fingerprint density at radius 3 is 2.56 bits per heavy atom. The summed E-state index contributed by atoms with van der Waals surface area (Å²) < 4.78 is 10.5. The second-order valence-electron chi connectivity index (χ2n) is 3.64. The summed E-state index contributed by atoms with van der Waals surface area (Å²) in [5.41, 5.74) is 6.57. The molecule has 0 amide bonds. The van der Waals surface area contributed by atoms with Crippen LogP contribution in [0.15, 0.2) is 18.2 Å². The van der Waals surface area contributed by atoms with E-state index in [1.807, 2.05) is 18.2 Å². The normalized spacial score (nSPS) is 12.2. The zero-order valence-electron chi connectivity index (χ0n) is 9.77. The highest BCUT2D eigenvalue weighted by Gasteiger charge is 2.13. The van der Waals surface area contributed by atoms with E-state index >= 15 is 0 Å². The van der Waals surface area contributed by atoms with Crippen LogP contribution in [0.1, 0.15) is 5.56 Å². The van der Waals surface area contributed by atoms with Gasteiger partial charge in [-0.25, -0.2) is 0 Å². The third kappa shape index (κ3) is 2.87. The number of rotatable bonds is 6. The zero-order chi connectivity index (χ0) is 12.0. The number of ether oxygens (including phenoxy) is 2. The van der Waals surface area contributed by atoms with Crippen molar-refractivity contribution in [2.24, 2.45) is 11.7 Å². The van der Waals surface area contributed by atoms with Crippen molar-refractivity contribution in [3.8, 4) is 11.5 Å². The summed E-state index contributed by atoms with van der Waals surface area (Å²) in [6, 6.07) is 5.71. The Morgan fingerprint density at radius 2 is 2.06 bits per heavy atom. The topological polar surface area (TPSA) is 64.7 Å². The van der Waals surface area contributed by atoms with Crippen LogP contribution >= 0.6 is 0 Å². The Bertz CT molecular complexity index is 324. The first kappa shape index (κ1) is 12.8. The number of nitrogens with two attached hydrogens (primary N) is 1. The van der Waals surface area contributed by atoms with E-state index in [0.717, 1.165) is 11.3 Å². The van der Waals surface area contributed by atoms with Crippen LogP contribution in [0.5, 0.6) is 11.5 Å². The van der Waals surface area contributed by atoms with E-state index in [1.54, 1.807) is 14.2 Å². The quantitative estimate of drug-likeness (QED) is 0.752. The van der Waals surface area contributed by atoms with Gasteiger partial charge < -0.3 is 20.3 Å². The van der Waals surface area contributed by atoms with E-state index in [1.165, 1.54) is 0 Å². The number of para-hydroxylation sites is 1. The number of aliphatic hydroxyl groups is 1. The van der Waals surface area contributed by atoms with Gasteiger partial charge in [0.15, 0.2) is 11.5 Å². The molecule has 0 aromatic heterocycles. The Kier molecular flexibility index (Phi) is 5.08. The molecule has 0 radical (unpaired) electrons. The van der Waals surface area contributed by atoms with Crippen LogP contribution in [0.3, 0.4) is 0 Å². The molecule has 0 saturated heterocycles. The highest BCUT2D eigenvalue weighted by atomic mass is 16.5. The number of hydrogen-bond donors (Lipinski definition) is 2. The Balaban J connectivity index is 2.94. The lowest BCUT2D eigenvalue weighted by molar-refractivity contribution is 0.228. The van der Waals surface area contributed by atoms with Crippen LogP contribution < -0.4 is 15.2 Å². The summed E-state index contributed by atoms with van der Waals surface area (Å²) in [7, 11) is 3.21. The van der Waals surface area contributed by atoms with Crippen molar-refractivity contribution >= 4 is 0 Å². The SMILES string of the molecule is COc1cccc(C[C@@H](CN)CO)c1OC. The standard InChI is InChI=1S/C12H19NO3/c1-15-11-5-3-4-10(12(11)16-2)6-9(7-13)8-14/h3-5,9,14H,6-8,13H2,1-2H3/t9-/m0/s1. The lowest BCUT2D eigenvalue weighted by atomic mass is 9.99. The predicted octanol–water partition coefficient (Wildman–Crippen LogP) is 0.814. The monoisotopic (exact) mass is 225 g/mol. The van der Waals surface area contributed by atoms with Crippen LogP contribution in [0.4, 0.5) is 0 Å². The molecule has 4 heteroatoms. The van der Waals surface area contributed by atoms with Gasteiger partial charge in [-0.3, -0.25) is 0 Å². The third-order valence-electron chi connectivity index (χ3n) is 2.58. The largest absolute Gasteiger partial charge is 0.493 e. The summed E-state index contributed by atoms with van der Waals surface area (Å²) in [5.74, 6) is 1.48. The van der Waals surface area contributed by atoms with Crippen LogP contribution in [0, 0.1) is 5.92 Å². The summed E-state index contributed by atoms with van der Waals surface area (Å²) in [5, 5.41) is 9.13. The summed E-state index contributed by atoms with van der Waals surface area (Å²) in [6.45, 7) is 0.535. The van der Waals surface area contributed by atoms with Gasteiger partial charge >= 0.3 is 0 Å². The van der Waals surface area contributed by atoms with Crippen molar-refractivity contribution in [2.75, 3.05) is 27.4 Å². The van der Waals surface area contributed by atoms with Gasteiger partial charge in [0.05, 0.1) is 14.2 Å². The molecule has 16 heavy (non-hydrogen) atoms. The van der Waals surface area contributed by atoms with Crippen LogP contribution in [-0.2, 0) is 6.42 Å². The fraction of sp³-hybridized carbons (Fsp3) is 0.500. The molecule has 0 fully saturated rings. The average molecular weight is 225 g/mol. The van der Waals surface area contributed by atoms with Gasteiger partial charge in [-0.15, -0.1) is 0 Å². The fourth-order valence-electron chi connectivity index (χ4n) is 1.65. The van der Waals surface area contributed by atoms with Crippen molar-refractivity contribution in [3.05, 3.63) is 23.8 Å².